The second-order valence-corrected chi connectivity index (χ2v) is 12.0. The summed E-state index contributed by atoms with van der Waals surface area (Å²) in [5, 5.41) is 4.53. The van der Waals surface area contributed by atoms with Crippen LogP contribution in [0, 0.1) is 5.14 Å². The van der Waals surface area contributed by atoms with E-state index < -0.39 is 6.89 Å². The number of ether oxygens (including phenoxy) is 1. The van der Waals surface area contributed by atoms with Gasteiger partial charge >= 0.3 is 5.97 Å². The second-order valence-electron chi connectivity index (χ2n) is 8.80. The van der Waals surface area contributed by atoms with Gasteiger partial charge in [0.15, 0.2) is 0 Å². The molecule has 5 aromatic rings. The van der Waals surface area contributed by atoms with E-state index in [4.69, 9.17) is 9.15 Å². The van der Waals surface area contributed by atoms with Crippen molar-refractivity contribution in [3.63, 3.8) is 0 Å². The lowest BCUT2D eigenvalue weighted by atomic mass is 9.90. The summed E-state index contributed by atoms with van der Waals surface area (Å²) in [6, 6.07) is 42.9. The number of carbonyl (C=O) groups is 1. The van der Waals surface area contributed by atoms with Gasteiger partial charge in [0, 0.05) is 23.3 Å². The van der Waals surface area contributed by atoms with Gasteiger partial charge in [0.1, 0.15) is 5.14 Å². The molecule has 4 aromatic carbocycles. The van der Waals surface area contributed by atoms with Gasteiger partial charge < -0.3 is 9.15 Å². The van der Waals surface area contributed by atoms with Crippen LogP contribution in [0.2, 0.25) is 0 Å². The number of carbonyl (C=O) groups excluding carboxylic acids is 1. The fraction of sp³-hybridized carbons (Fsp3) is 0.0303. The zero-order chi connectivity index (χ0) is 25.2. The molecule has 0 bridgehead atoms. The summed E-state index contributed by atoms with van der Waals surface area (Å²) >= 11 is 0. The molecule has 0 amide bonds. The molecule has 180 valence electrons. The van der Waals surface area contributed by atoms with Gasteiger partial charge in [-0.25, -0.2) is 4.79 Å². The fourth-order valence-electron chi connectivity index (χ4n) is 5.34. The highest BCUT2D eigenvalue weighted by Crippen LogP contribution is 2.61. The average Bonchev–Trinajstić information content (AvgIpc) is 3.47. The van der Waals surface area contributed by atoms with Crippen molar-refractivity contribution in [2.75, 3.05) is 7.11 Å². The summed E-state index contributed by atoms with van der Waals surface area (Å²) in [6.45, 7) is -2.78. The molecular weight excluding hydrogens is 475 g/mol. The number of furan rings is 1. The van der Waals surface area contributed by atoms with Gasteiger partial charge in [0.05, 0.1) is 18.7 Å². The van der Waals surface area contributed by atoms with Gasteiger partial charge in [-0.05, 0) is 27.8 Å². The number of esters is 1. The molecule has 1 aliphatic rings. The molecule has 37 heavy (non-hydrogen) atoms. The first kappa shape index (κ1) is 23.1. The third-order valence-electron chi connectivity index (χ3n) is 6.83. The van der Waals surface area contributed by atoms with Crippen LogP contribution in [-0.4, -0.2) is 13.1 Å². The third kappa shape index (κ3) is 3.63. The smallest absolute Gasteiger partial charge is 0.339 e. The quantitative estimate of drug-likeness (QED) is 0.220. The third-order valence-corrected chi connectivity index (χ3v) is 11.0. The van der Waals surface area contributed by atoms with Crippen molar-refractivity contribution in [2.45, 2.75) is 0 Å². The van der Waals surface area contributed by atoms with Gasteiger partial charge in [0.2, 0.25) is 0 Å². The van der Waals surface area contributed by atoms with Crippen LogP contribution in [0.5, 0.6) is 0 Å². The second kappa shape index (κ2) is 9.61. The predicted molar refractivity (Wildman–Crippen MR) is 151 cm³/mol. The SMILES string of the molecule is COC(=O)C1=C(c2ccccc2)C(c2ccccc2)=c2ccoc2=P1(c1ccccc1)c1ccccc1. The van der Waals surface area contributed by atoms with E-state index in [-0.39, 0.29) is 5.97 Å². The zero-order valence-electron chi connectivity index (χ0n) is 20.4. The summed E-state index contributed by atoms with van der Waals surface area (Å²) in [7, 11) is 1.46. The summed E-state index contributed by atoms with van der Waals surface area (Å²) < 4.78 is 12.0. The molecule has 4 heteroatoms. The van der Waals surface area contributed by atoms with Crippen LogP contribution in [0.1, 0.15) is 11.1 Å². The molecule has 0 saturated carbocycles. The van der Waals surface area contributed by atoms with Crippen LogP contribution in [0.25, 0.3) is 11.1 Å². The van der Waals surface area contributed by atoms with Gasteiger partial charge in [-0.2, -0.15) is 0 Å². The first-order valence-corrected chi connectivity index (χ1v) is 14.0. The number of rotatable bonds is 5. The Hall–Kier alpha value is -4.33. The van der Waals surface area contributed by atoms with Crippen molar-refractivity contribution in [1.82, 2.24) is 0 Å². The van der Waals surface area contributed by atoms with E-state index >= 15 is 0 Å². The van der Waals surface area contributed by atoms with Crippen LogP contribution in [0.15, 0.2) is 143 Å². The Bertz CT molecular complexity index is 1710. The minimum atomic E-state index is -2.78. The van der Waals surface area contributed by atoms with Crippen LogP contribution < -0.4 is 15.8 Å². The largest absolute Gasteiger partial charge is 0.465 e. The molecule has 1 aromatic heterocycles. The van der Waals surface area contributed by atoms with Gasteiger partial charge in [-0.1, -0.05) is 121 Å². The minimum Gasteiger partial charge on any atom is -0.465 e. The number of hydrogen-bond acceptors (Lipinski definition) is 3. The summed E-state index contributed by atoms with van der Waals surface area (Å²) in [5.74, 6) is -0.352. The molecule has 0 spiro atoms. The highest BCUT2D eigenvalue weighted by Gasteiger charge is 2.41. The van der Waals surface area contributed by atoms with Crippen molar-refractivity contribution in [1.29, 1.82) is 0 Å². The predicted octanol–water partition coefficient (Wildman–Crippen LogP) is 6.00. The van der Waals surface area contributed by atoms with Crippen molar-refractivity contribution in [3.8, 4) is 0 Å². The van der Waals surface area contributed by atoms with E-state index in [1.807, 2.05) is 78.9 Å². The highest BCUT2D eigenvalue weighted by atomic mass is 31.2. The highest BCUT2D eigenvalue weighted by molar-refractivity contribution is 7.87. The standard InChI is InChI=1S/C33H25O3P/c1-35-32(34)31-30(25-16-8-3-9-17-25)29(24-14-6-2-7-15-24)28-22-23-36-33(28)37(31,26-18-10-4-11-19-26)27-20-12-5-13-21-27/h2-23H,1H3. The number of methoxy groups -OCH3 is 1. The van der Waals surface area contributed by atoms with Crippen molar-refractivity contribution in [2.24, 2.45) is 0 Å². The lowest BCUT2D eigenvalue weighted by Crippen LogP contribution is -2.29. The van der Waals surface area contributed by atoms with Crippen LogP contribution in [-0.2, 0) is 9.53 Å². The topological polar surface area (TPSA) is 39.4 Å². The van der Waals surface area contributed by atoms with Crippen molar-refractivity contribution in [3.05, 3.63) is 160 Å². The Kier molecular flexibility index (Phi) is 6.00. The Labute approximate surface area is 216 Å². The molecule has 0 atom stereocenters. The monoisotopic (exact) mass is 500 g/mol. The molecule has 3 nitrogen and oxygen atoms in total. The van der Waals surface area contributed by atoms with E-state index in [0.717, 1.165) is 43.2 Å². The maximum atomic E-state index is 14.1. The number of benzene rings is 4. The zero-order valence-corrected chi connectivity index (χ0v) is 21.3. The Morgan fingerprint density at radius 2 is 1.08 bits per heavy atom. The molecule has 0 unspecified atom stereocenters. The van der Waals surface area contributed by atoms with Crippen LogP contribution in [0.3, 0.4) is 0 Å². The molecule has 0 fully saturated rings. The first-order valence-electron chi connectivity index (χ1n) is 12.2. The van der Waals surface area contributed by atoms with E-state index in [1.165, 1.54) is 7.11 Å². The molecule has 1 aliphatic heterocycles. The fourth-order valence-corrected chi connectivity index (χ4v) is 9.78. The van der Waals surface area contributed by atoms with Crippen molar-refractivity contribution < 1.29 is 13.9 Å². The number of fused-ring (bicyclic) bond motifs is 1. The summed E-state index contributed by atoms with van der Waals surface area (Å²) in [6.07, 6.45) is 1.75. The van der Waals surface area contributed by atoms with Crippen LogP contribution >= 0.6 is 6.89 Å². The first-order chi connectivity index (χ1) is 18.3. The molecular formula is C33H25O3P. The number of hydrogen-bond donors (Lipinski definition) is 0. The van der Waals surface area contributed by atoms with Gasteiger partial charge in [-0.3, -0.25) is 0 Å². The van der Waals surface area contributed by atoms with Gasteiger partial charge in [0.25, 0.3) is 0 Å². The molecule has 2 heterocycles. The van der Waals surface area contributed by atoms with E-state index in [9.17, 15) is 4.79 Å². The number of allylic oxidation sites excluding steroid dienone is 1. The van der Waals surface area contributed by atoms with E-state index in [1.54, 1.807) is 6.26 Å². The summed E-state index contributed by atoms with van der Waals surface area (Å²) in [4.78, 5) is 14.1. The Balaban J connectivity index is 1.98. The normalized spacial score (nSPS) is 14.2. The van der Waals surface area contributed by atoms with Gasteiger partial charge in [-0.15, -0.1) is 0 Å². The van der Waals surface area contributed by atoms with Crippen LogP contribution in [0.4, 0.5) is 0 Å². The Morgan fingerprint density at radius 1 is 0.622 bits per heavy atom. The molecule has 0 N–H and O–H groups in total. The lowest BCUT2D eigenvalue weighted by molar-refractivity contribution is -0.135. The molecule has 0 radical (unpaired) electrons. The van der Waals surface area contributed by atoms with E-state index in [0.29, 0.717) is 5.31 Å². The van der Waals surface area contributed by atoms with Crippen molar-refractivity contribution >= 4 is 34.6 Å². The Morgan fingerprint density at radius 3 is 1.57 bits per heavy atom. The molecule has 0 saturated heterocycles. The van der Waals surface area contributed by atoms with E-state index in [2.05, 4.69) is 48.5 Å². The summed E-state index contributed by atoms with van der Waals surface area (Å²) in [5.41, 5.74) is 3.83. The maximum Gasteiger partial charge on any atom is 0.339 e. The molecule has 0 aliphatic carbocycles. The minimum absolute atomic E-state index is 0.352. The average molecular weight is 501 g/mol. The molecule has 6 rings (SSSR count). The maximum absolute atomic E-state index is 14.1. The lowest BCUT2D eigenvalue weighted by Gasteiger charge is -2.33.